The highest BCUT2D eigenvalue weighted by atomic mass is 16.6. The molecular formula is C14H17N3O9. The van der Waals surface area contributed by atoms with Crippen LogP contribution >= 0.6 is 0 Å². The van der Waals surface area contributed by atoms with Crippen molar-refractivity contribution in [1.82, 2.24) is 9.55 Å². The smallest absolute Gasteiger partial charge is 0.396 e. The van der Waals surface area contributed by atoms with Gasteiger partial charge in [-0.15, -0.1) is 0 Å². The molecule has 1 aromatic heterocycles. The third kappa shape index (κ3) is 4.14. The fraction of sp³-hybridized carbons (Fsp3) is 0.571. The molecule has 0 bridgehead atoms. The minimum absolute atomic E-state index is 0.0724. The summed E-state index contributed by atoms with van der Waals surface area (Å²) in [6.07, 6.45) is -1.35. The summed E-state index contributed by atoms with van der Waals surface area (Å²) in [5.74, 6) is -2.78. The molecule has 3 unspecified atom stereocenters. The highest BCUT2D eigenvalue weighted by Gasteiger charge is 2.42. The number of methoxy groups -OCH3 is 1. The van der Waals surface area contributed by atoms with Crippen molar-refractivity contribution in [1.29, 1.82) is 0 Å². The standard InChI is InChI=1S/C14H17N3O9/c1-7(18)24-5-10-9(25-8(2)19)4-11(26-10)16-6-15-13(17(21)22)12(16)14(20)23-3/h6,9-11H,4-5H2,1-3H3. The average Bonchev–Trinajstić information content (AvgIpc) is 3.15. The molecule has 12 heteroatoms. The number of rotatable bonds is 6. The van der Waals surface area contributed by atoms with Crippen molar-refractivity contribution in [3.05, 3.63) is 22.1 Å². The molecule has 0 saturated carbocycles. The Labute approximate surface area is 147 Å². The zero-order chi connectivity index (χ0) is 19.4. The highest BCUT2D eigenvalue weighted by molar-refractivity contribution is 5.91. The maximum atomic E-state index is 11.9. The molecule has 0 N–H and O–H groups in total. The third-order valence-corrected chi connectivity index (χ3v) is 3.59. The molecule has 0 amide bonds. The van der Waals surface area contributed by atoms with E-state index in [1.807, 2.05) is 0 Å². The number of hydrogen-bond donors (Lipinski definition) is 0. The van der Waals surface area contributed by atoms with Gasteiger partial charge in [0, 0.05) is 20.3 Å². The van der Waals surface area contributed by atoms with Crippen LogP contribution in [-0.4, -0.2) is 58.3 Å². The number of nitro groups is 1. The lowest BCUT2D eigenvalue weighted by Gasteiger charge is -2.17. The van der Waals surface area contributed by atoms with Crippen molar-refractivity contribution in [2.45, 2.75) is 38.7 Å². The number of aromatic nitrogens is 2. The zero-order valence-corrected chi connectivity index (χ0v) is 14.2. The van der Waals surface area contributed by atoms with Crippen LogP contribution in [0.15, 0.2) is 6.33 Å². The molecule has 0 aromatic carbocycles. The van der Waals surface area contributed by atoms with Crippen LogP contribution in [0.1, 0.15) is 37.0 Å². The fourth-order valence-corrected chi connectivity index (χ4v) is 2.55. The minimum Gasteiger partial charge on any atom is -0.464 e. The van der Waals surface area contributed by atoms with E-state index < -0.39 is 52.8 Å². The summed E-state index contributed by atoms with van der Waals surface area (Å²) >= 11 is 0. The molecule has 1 aliphatic heterocycles. The summed E-state index contributed by atoms with van der Waals surface area (Å²) in [6.45, 7) is 2.23. The summed E-state index contributed by atoms with van der Waals surface area (Å²) in [5, 5.41) is 11.1. The van der Waals surface area contributed by atoms with Crippen LogP contribution in [0.3, 0.4) is 0 Å². The van der Waals surface area contributed by atoms with E-state index in [1.165, 1.54) is 13.8 Å². The number of esters is 3. The Hall–Kier alpha value is -3.02. The highest BCUT2D eigenvalue weighted by Crippen LogP contribution is 2.34. The van der Waals surface area contributed by atoms with Crippen LogP contribution in [0.5, 0.6) is 0 Å². The van der Waals surface area contributed by atoms with E-state index in [4.69, 9.17) is 14.2 Å². The number of carbonyl (C=O) groups excluding carboxylic acids is 3. The Kier molecular flexibility index (Phi) is 5.87. The van der Waals surface area contributed by atoms with Crippen molar-refractivity contribution in [3.63, 3.8) is 0 Å². The first-order valence-corrected chi connectivity index (χ1v) is 7.50. The van der Waals surface area contributed by atoms with Crippen molar-refractivity contribution in [2.75, 3.05) is 13.7 Å². The van der Waals surface area contributed by atoms with Gasteiger partial charge in [0.1, 0.15) is 25.0 Å². The van der Waals surface area contributed by atoms with Gasteiger partial charge in [-0.05, 0) is 9.91 Å². The summed E-state index contributed by atoms with van der Waals surface area (Å²) < 4.78 is 21.4. The van der Waals surface area contributed by atoms with Crippen molar-refractivity contribution >= 4 is 23.7 Å². The number of nitrogens with zero attached hydrogens (tertiary/aromatic N) is 3. The van der Waals surface area contributed by atoms with Crippen LogP contribution < -0.4 is 0 Å². The molecule has 1 fully saturated rings. The van der Waals surface area contributed by atoms with E-state index in [-0.39, 0.29) is 13.0 Å². The molecule has 142 valence electrons. The quantitative estimate of drug-likeness (QED) is 0.297. The Morgan fingerprint density at radius 1 is 1.38 bits per heavy atom. The molecule has 1 aromatic rings. The van der Waals surface area contributed by atoms with Gasteiger partial charge in [-0.3, -0.25) is 14.2 Å². The minimum atomic E-state index is -0.967. The predicted octanol–water partition coefficient (Wildman–Crippen LogP) is 0.360. The Balaban J connectivity index is 2.30. The maximum absolute atomic E-state index is 11.9. The predicted molar refractivity (Wildman–Crippen MR) is 80.9 cm³/mol. The molecule has 0 spiro atoms. The van der Waals surface area contributed by atoms with Crippen molar-refractivity contribution < 1.29 is 38.3 Å². The molecule has 2 heterocycles. The normalized spacial score (nSPS) is 21.9. The van der Waals surface area contributed by atoms with Crippen LogP contribution in [0.2, 0.25) is 0 Å². The first-order valence-electron chi connectivity index (χ1n) is 7.50. The largest absolute Gasteiger partial charge is 0.464 e. The van der Waals surface area contributed by atoms with E-state index in [0.717, 1.165) is 18.0 Å². The number of hydrogen-bond acceptors (Lipinski definition) is 10. The Morgan fingerprint density at radius 2 is 2.08 bits per heavy atom. The van der Waals surface area contributed by atoms with Crippen LogP contribution in [0.4, 0.5) is 5.82 Å². The molecular weight excluding hydrogens is 354 g/mol. The second kappa shape index (κ2) is 7.91. The van der Waals surface area contributed by atoms with Gasteiger partial charge in [0.05, 0.1) is 7.11 Å². The second-order valence-corrected chi connectivity index (χ2v) is 5.39. The van der Waals surface area contributed by atoms with Crippen molar-refractivity contribution in [3.8, 4) is 0 Å². The van der Waals surface area contributed by atoms with Gasteiger partial charge in [-0.1, -0.05) is 0 Å². The summed E-state index contributed by atoms with van der Waals surface area (Å²) in [7, 11) is 1.07. The van der Waals surface area contributed by atoms with Gasteiger partial charge in [-0.25, -0.2) is 4.79 Å². The van der Waals surface area contributed by atoms with E-state index in [1.54, 1.807) is 0 Å². The van der Waals surface area contributed by atoms with E-state index in [0.29, 0.717) is 0 Å². The van der Waals surface area contributed by atoms with E-state index in [2.05, 4.69) is 9.72 Å². The number of ether oxygens (including phenoxy) is 4. The van der Waals surface area contributed by atoms with Gasteiger partial charge in [-0.2, -0.15) is 0 Å². The fourth-order valence-electron chi connectivity index (χ4n) is 2.55. The van der Waals surface area contributed by atoms with E-state index >= 15 is 0 Å². The molecule has 1 aliphatic rings. The van der Waals surface area contributed by atoms with E-state index in [9.17, 15) is 24.5 Å². The van der Waals surface area contributed by atoms with Gasteiger partial charge >= 0.3 is 23.7 Å². The van der Waals surface area contributed by atoms with Gasteiger partial charge in [0.2, 0.25) is 12.0 Å². The van der Waals surface area contributed by atoms with Gasteiger partial charge in [0.15, 0.2) is 0 Å². The molecule has 1 saturated heterocycles. The molecule has 2 rings (SSSR count). The molecule has 12 nitrogen and oxygen atoms in total. The van der Waals surface area contributed by atoms with Crippen LogP contribution in [0, 0.1) is 10.1 Å². The lowest BCUT2D eigenvalue weighted by molar-refractivity contribution is -0.389. The second-order valence-electron chi connectivity index (χ2n) is 5.39. The first kappa shape index (κ1) is 19.3. The topological polar surface area (TPSA) is 149 Å². The summed E-state index contributed by atoms with van der Waals surface area (Å²) in [5.41, 5.74) is -0.405. The first-order chi connectivity index (χ1) is 12.2. The van der Waals surface area contributed by atoms with Gasteiger partial charge in [0.25, 0.3) is 0 Å². The lowest BCUT2D eigenvalue weighted by Crippen LogP contribution is -2.31. The summed E-state index contributed by atoms with van der Waals surface area (Å²) in [4.78, 5) is 48.1. The van der Waals surface area contributed by atoms with Crippen LogP contribution in [-0.2, 0) is 28.5 Å². The van der Waals surface area contributed by atoms with Crippen molar-refractivity contribution in [2.24, 2.45) is 0 Å². The number of imidazole rings is 1. The maximum Gasteiger partial charge on any atom is 0.396 e. The SMILES string of the molecule is COC(=O)c1c([N+](=O)[O-])ncn1C1CC(OC(C)=O)C(COC(C)=O)O1. The molecule has 3 atom stereocenters. The summed E-state index contributed by atoms with van der Waals surface area (Å²) in [6, 6.07) is 0. The lowest BCUT2D eigenvalue weighted by atomic mass is 10.2. The number of carbonyl (C=O) groups is 3. The third-order valence-electron chi connectivity index (χ3n) is 3.59. The Bertz CT molecular complexity index is 729. The Morgan fingerprint density at radius 3 is 2.62 bits per heavy atom. The molecule has 0 aliphatic carbocycles. The molecule has 0 radical (unpaired) electrons. The molecule has 26 heavy (non-hydrogen) atoms. The van der Waals surface area contributed by atoms with Gasteiger partial charge < -0.3 is 29.1 Å². The van der Waals surface area contributed by atoms with Crippen LogP contribution in [0.25, 0.3) is 0 Å². The zero-order valence-electron chi connectivity index (χ0n) is 14.2. The average molecular weight is 371 g/mol. The monoisotopic (exact) mass is 371 g/mol.